The van der Waals surface area contributed by atoms with Crippen LogP contribution in [-0.4, -0.2) is 24.8 Å². The fourth-order valence-corrected chi connectivity index (χ4v) is 4.48. The van der Waals surface area contributed by atoms with Crippen molar-refractivity contribution in [3.63, 3.8) is 0 Å². The maximum atomic E-state index is 12.0. The van der Waals surface area contributed by atoms with Gasteiger partial charge in [0.1, 0.15) is 0 Å². The van der Waals surface area contributed by atoms with Gasteiger partial charge in [-0.1, -0.05) is 23.2 Å². The summed E-state index contributed by atoms with van der Waals surface area (Å²) in [6.07, 6.45) is 0. The van der Waals surface area contributed by atoms with Crippen molar-refractivity contribution in [2.75, 3.05) is 5.32 Å². The second-order valence-electron chi connectivity index (χ2n) is 6.75. The molecular formula is C14H15Cl3N2O3S. The lowest BCUT2D eigenvalue weighted by Gasteiger charge is -2.31. The quantitative estimate of drug-likeness (QED) is 0.583. The first kappa shape index (κ1) is 17.3. The Bertz CT molecular complexity index is 829. The van der Waals surface area contributed by atoms with Crippen molar-refractivity contribution >= 4 is 54.5 Å². The molecule has 0 spiro atoms. The third-order valence-corrected chi connectivity index (χ3v) is 6.42. The molecule has 5 nitrogen and oxygen atoms in total. The van der Waals surface area contributed by atoms with Crippen LogP contribution in [0.5, 0.6) is 0 Å². The van der Waals surface area contributed by atoms with Gasteiger partial charge < -0.3 is 5.32 Å². The Labute approximate surface area is 149 Å². The van der Waals surface area contributed by atoms with Gasteiger partial charge in [0.15, 0.2) is 0 Å². The highest BCUT2D eigenvalue weighted by molar-refractivity contribution is 8.13. The smallest absolute Gasteiger partial charge is 0.265 e. The summed E-state index contributed by atoms with van der Waals surface area (Å²) in [7, 11) is 1.60. The SMILES string of the molecule is CC(C)(C)N1Cc2c(S(=O)(=O)Cl)cc3c(c2C1)NC(=O)C3(Cl)Cl. The van der Waals surface area contributed by atoms with Crippen molar-refractivity contribution in [1.82, 2.24) is 4.90 Å². The zero-order chi connectivity index (χ0) is 17.4. The molecule has 23 heavy (non-hydrogen) atoms. The van der Waals surface area contributed by atoms with Crippen molar-refractivity contribution in [1.29, 1.82) is 0 Å². The summed E-state index contributed by atoms with van der Waals surface area (Å²) in [5, 5.41) is 2.67. The van der Waals surface area contributed by atoms with Crippen molar-refractivity contribution in [3.05, 3.63) is 22.8 Å². The molecule has 0 saturated heterocycles. The number of benzene rings is 1. The molecule has 0 fully saturated rings. The van der Waals surface area contributed by atoms with E-state index in [1.807, 2.05) is 20.8 Å². The van der Waals surface area contributed by atoms with Crippen molar-refractivity contribution in [3.8, 4) is 0 Å². The minimum absolute atomic E-state index is 0.0400. The van der Waals surface area contributed by atoms with Crippen LogP contribution >= 0.6 is 33.9 Å². The molecule has 1 amide bonds. The first-order valence-electron chi connectivity index (χ1n) is 6.91. The zero-order valence-corrected chi connectivity index (χ0v) is 15.8. The van der Waals surface area contributed by atoms with Crippen LogP contribution in [-0.2, 0) is 31.3 Å². The Hall–Kier alpha value is -0.530. The normalized spacial score (nSPS) is 20.3. The summed E-state index contributed by atoms with van der Waals surface area (Å²) in [6.45, 7) is 6.98. The van der Waals surface area contributed by atoms with E-state index < -0.39 is 19.3 Å². The number of amides is 1. The van der Waals surface area contributed by atoms with Gasteiger partial charge in [0, 0.05) is 34.9 Å². The summed E-state index contributed by atoms with van der Waals surface area (Å²) in [6, 6.07) is 1.31. The van der Waals surface area contributed by atoms with Gasteiger partial charge in [-0.25, -0.2) is 8.42 Å². The van der Waals surface area contributed by atoms with E-state index >= 15 is 0 Å². The van der Waals surface area contributed by atoms with Gasteiger partial charge in [0.25, 0.3) is 15.0 Å². The first-order chi connectivity index (χ1) is 10.3. The number of hydrogen-bond acceptors (Lipinski definition) is 4. The van der Waals surface area contributed by atoms with Gasteiger partial charge in [-0.15, -0.1) is 0 Å². The van der Waals surface area contributed by atoms with E-state index in [0.717, 1.165) is 0 Å². The predicted octanol–water partition coefficient (Wildman–Crippen LogP) is 3.31. The molecular weight excluding hydrogens is 383 g/mol. The first-order valence-corrected chi connectivity index (χ1v) is 9.98. The molecule has 3 rings (SSSR count). The maximum absolute atomic E-state index is 12.0. The lowest BCUT2D eigenvalue weighted by Crippen LogP contribution is -2.37. The fraction of sp³-hybridized carbons (Fsp3) is 0.500. The molecule has 0 bridgehead atoms. The van der Waals surface area contributed by atoms with Crippen LogP contribution in [0.15, 0.2) is 11.0 Å². The van der Waals surface area contributed by atoms with E-state index in [2.05, 4.69) is 10.2 Å². The highest BCUT2D eigenvalue weighted by atomic mass is 35.7. The molecule has 1 N–H and O–H groups in total. The molecule has 2 heterocycles. The summed E-state index contributed by atoms with van der Waals surface area (Å²) < 4.78 is 22.2. The van der Waals surface area contributed by atoms with Crippen LogP contribution in [0.3, 0.4) is 0 Å². The van der Waals surface area contributed by atoms with Crippen LogP contribution in [0.2, 0.25) is 0 Å². The summed E-state index contributed by atoms with van der Waals surface area (Å²) in [4.78, 5) is 14.1. The Balaban J connectivity index is 2.28. The van der Waals surface area contributed by atoms with E-state index in [9.17, 15) is 13.2 Å². The third-order valence-electron chi connectivity index (χ3n) is 4.28. The van der Waals surface area contributed by atoms with Crippen molar-refractivity contribution < 1.29 is 13.2 Å². The average Bonchev–Trinajstić information content (AvgIpc) is 2.89. The Morgan fingerprint density at radius 1 is 1.22 bits per heavy atom. The lowest BCUT2D eigenvalue weighted by molar-refractivity contribution is -0.116. The molecule has 0 aromatic heterocycles. The lowest BCUT2D eigenvalue weighted by atomic mass is 10.0. The topological polar surface area (TPSA) is 66.5 Å². The number of carbonyl (C=O) groups excluding carboxylic acids is 1. The van der Waals surface area contributed by atoms with E-state index in [4.69, 9.17) is 33.9 Å². The van der Waals surface area contributed by atoms with E-state index in [1.54, 1.807) is 0 Å². The van der Waals surface area contributed by atoms with E-state index in [-0.39, 0.29) is 16.0 Å². The summed E-state index contributed by atoms with van der Waals surface area (Å²) >= 11 is 12.2. The number of nitrogens with zero attached hydrogens (tertiary/aromatic N) is 1. The number of carbonyl (C=O) groups is 1. The number of halogens is 3. The highest BCUT2D eigenvalue weighted by Crippen LogP contribution is 2.50. The second kappa shape index (κ2) is 4.99. The van der Waals surface area contributed by atoms with E-state index in [1.165, 1.54) is 6.07 Å². The average molecular weight is 398 g/mol. The molecule has 0 aliphatic carbocycles. The number of hydrogen-bond donors (Lipinski definition) is 1. The Kier molecular flexibility index (Phi) is 3.75. The second-order valence-corrected chi connectivity index (χ2v) is 10.6. The molecule has 0 atom stereocenters. The number of rotatable bonds is 1. The van der Waals surface area contributed by atoms with Gasteiger partial charge in [0.2, 0.25) is 4.33 Å². The molecule has 0 saturated carbocycles. The number of anilines is 1. The molecule has 0 unspecified atom stereocenters. The van der Waals surface area contributed by atoms with Crippen molar-refractivity contribution in [2.45, 2.75) is 48.6 Å². The van der Waals surface area contributed by atoms with Gasteiger partial charge in [0.05, 0.1) is 10.6 Å². The fourth-order valence-electron chi connectivity index (χ4n) is 2.93. The maximum Gasteiger partial charge on any atom is 0.265 e. The van der Waals surface area contributed by atoms with Gasteiger partial charge in [-0.2, -0.15) is 0 Å². The molecule has 0 radical (unpaired) electrons. The summed E-state index contributed by atoms with van der Waals surface area (Å²) in [5.74, 6) is -0.587. The van der Waals surface area contributed by atoms with E-state index in [0.29, 0.717) is 29.9 Å². The zero-order valence-electron chi connectivity index (χ0n) is 12.7. The monoisotopic (exact) mass is 396 g/mol. The number of fused-ring (bicyclic) bond motifs is 3. The summed E-state index contributed by atoms with van der Waals surface area (Å²) in [5.41, 5.74) is 1.83. The molecule has 126 valence electrons. The van der Waals surface area contributed by atoms with Crippen LogP contribution in [0.25, 0.3) is 0 Å². The van der Waals surface area contributed by atoms with Crippen LogP contribution in [0.1, 0.15) is 37.5 Å². The minimum Gasteiger partial charge on any atom is -0.322 e. The van der Waals surface area contributed by atoms with Crippen LogP contribution < -0.4 is 5.32 Å². The van der Waals surface area contributed by atoms with Crippen molar-refractivity contribution in [2.24, 2.45) is 0 Å². The van der Waals surface area contributed by atoms with Gasteiger partial charge in [-0.3, -0.25) is 9.69 Å². The third kappa shape index (κ3) is 2.65. The highest BCUT2D eigenvalue weighted by Gasteiger charge is 2.48. The minimum atomic E-state index is -4.00. The molecule has 2 aliphatic rings. The molecule has 9 heteroatoms. The molecule has 1 aromatic carbocycles. The van der Waals surface area contributed by atoms with Gasteiger partial charge >= 0.3 is 0 Å². The van der Waals surface area contributed by atoms with Crippen LogP contribution in [0.4, 0.5) is 5.69 Å². The van der Waals surface area contributed by atoms with Crippen LogP contribution in [0, 0.1) is 0 Å². The molecule has 2 aliphatic heterocycles. The number of alkyl halides is 2. The largest absolute Gasteiger partial charge is 0.322 e. The Morgan fingerprint density at radius 3 is 2.30 bits per heavy atom. The van der Waals surface area contributed by atoms with Gasteiger partial charge in [-0.05, 0) is 38.0 Å². The molecule has 1 aromatic rings. The predicted molar refractivity (Wildman–Crippen MR) is 90.5 cm³/mol. The standard InChI is InChI=1S/C14H15Cl3N2O3S/c1-13(2,3)19-5-7-8(6-19)11-9(4-10(7)23(17,21)22)14(15,16)12(20)18-11/h4H,5-6H2,1-3H3,(H,18,20). The Morgan fingerprint density at radius 2 is 1.78 bits per heavy atom. The number of nitrogens with one attached hydrogen (secondary N) is 1.